The van der Waals surface area contributed by atoms with Gasteiger partial charge in [-0.05, 0) is 64.2 Å². The number of allylic oxidation sites excluding steroid dienone is 11. The van der Waals surface area contributed by atoms with Crippen LogP contribution in [0.5, 0.6) is 0 Å². The van der Waals surface area contributed by atoms with Crippen molar-refractivity contribution in [2.45, 2.75) is 373 Å². The fourth-order valence-corrected chi connectivity index (χ4v) is 10.6. The highest BCUT2D eigenvalue weighted by molar-refractivity contribution is 5.76. The van der Waals surface area contributed by atoms with Crippen LogP contribution in [0.15, 0.2) is 72.9 Å². The second-order valence-electron chi connectivity index (χ2n) is 23.2. The SMILES string of the molecule is CC/C=C\C/C=C\C/C=C\C/C=C\C/C=C\CCCCCCCCCCCCCCCCCCCCCC(=O)NC(CO)C(O)/C=C/CCCCCCCCCCCCCCCCCCCCCCCCCCCCC. The fraction of sp³-hybridized carbons (Fsp3) is 0.819. The molecule has 0 saturated carbocycles. The second-order valence-corrected chi connectivity index (χ2v) is 23.2. The molecular weight excluding hydrogens is 927 g/mol. The van der Waals surface area contributed by atoms with Crippen LogP contribution in [0.2, 0.25) is 0 Å². The Kier molecular flexibility index (Phi) is 65.2. The molecule has 0 aromatic rings. The molecule has 0 aliphatic rings. The standard InChI is InChI=1S/C72H133NO3/c1-3-5-7-9-11-13-15-17-19-21-23-25-27-29-31-33-34-35-36-37-38-40-42-44-46-48-50-52-54-56-58-60-62-64-66-68-72(76)73-70(69-74)71(75)67-65-63-61-59-57-55-53-51-49-47-45-43-41-39-32-30-28-26-24-22-20-18-16-14-12-10-8-6-4-2/h5,7,11,13,17,19,23,25,29,31,65,67,70-71,74-75H,3-4,6,8-10,12,14-16,18,20-22,24,26-28,30,32-64,66,68-69H2,1-2H3,(H,73,76)/b7-5-,13-11-,19-17-,25-23-,31-29-,67-65+. The Labute approximate surface area is 476 Å². The van der Waals surface area contributed by atoms with Gasteiger partial charge in [-0.15, -0.1) is 0 Å². The predicted octanol–water partition coefficient (Wildman–Crippen LogP) is 23.3. The highest BCUT2D eigenvalue weighted by Crippen LogP contribution is 2.19. The third-order valence-electron chi connectivity index (χ3n) is 15.7. The molecule has 0 aliphatic carbocycles. The molecule has 444 valence electrons. The Balaban J connectivity index is 3.45. The van der Waals surface area contributed by atoms with E-state index in [2.05, 4.69) is 79.9 Å². The highest BCUT2D eigenvalue weighted by atomic mass is 16.3. The summed E-state index contributed by atoms with van der Waals surface area (Å²) >= 11 is 0. The average Bonchev–Trinajstić information content (AvgIpc) is 3.42. The maximum absolute atomic E-state index is 12.5. The van der Waals surface area contributed by atoms with E-state index < -0.39 is 12.1 Å². The average molecular weight is 1060 g/mol. The van der Waals surface area contributed by atoms with Crippen molar-refractivity contribution >= 4 is 5.91 Å². The van der Waals surface area contributed by atoms with Gasteiger partial charge in [-0.2, -0.15) is 0 Å². The minimum absolute atomic E-state index is 0.0588. The van der Waals surface area contributed by atoms with Crippen molar-refractivity contribution in [1.29, 1.82) is 0 Å². The monoisotopic (exact) mass is 1060 g/mol. The predicted molar refractivity (Wildman–Crippen MR) is 341 cm³/mol. The lowest BCUT2D eigenvalue weighted by atomic mass is 10.0. The Hall–Kier alpha value is -2.17. The Morgan fingerprint density at radius 3 is 0.868 bits per heavy atom. The molecule has 4 nitrogen and oxygen atoms in total. The van der Waals surface area contributed by atoms with Crippen molar-refractivity contribution in [3.8, 4) is 0 Å². The maximum Gasteiger partial charge on any atom is 0.220 e. The molecule has 3 N–H and O–H groups in total. The number of aliphatic hydroxyl groups is 2. The van der Waals surface area contributed by atoms with E-state index in [1.54, 1.807) is 6.08 Å². The zero-order chi connectivity index (χ0) is 54.8. The first-order valence-corrected chi connectivity index (χ1v) is 34.2. The first-order valence-electron chi connectivity index (χ1n) is 34.2. The molecule has 1 amide bonds. The molecule has 76 heavy (non-hydrogen) atoms. The number of carbonyl (C=O) groups is 1. The molecule has 0 radical (unpaired) electrons. The molecule has 0 bridgehead atoms. The number of unbranched alkanes of at least 4 members (excludes halogenated alkanes) is 46. The number of hydrogen-bond donors (Lipinski definition) is 3. The van der Waals surface area contributed by atoms with E-state index in [9.17, 15) is 15.0 Å². The van der Waals surface area contributed by atoms with Gasteiger partial charge in [-0.1, -0.05) is 363 Å². The van der Waals surface area contributed by atoms with Gasteiger partial charge >= 0.3 is 0 Å². The number of rotatable bonds is 63. The third-order valence-corrected chi connectivity index (χ3v) is 15.7. The number of amides is 1. The summed E-state index contributed by atoms with van der Waals surface area (Å²) in [5.74, 6) is -0.0588. The van der Waals surface area contributed by atoms with Gasteiger partial charge in [0.2, 0.25) is 5.91 Å². The summed E-state index contributed by atoms with van der Waals surface area (Å²) in [6.07, 6.45) is 96.9. The lowest BCUT2D eigenvalue weighted by Crippen LogP contribution is -2.45. The number of nitrogens with one attached hydrogen (secondary N) is 1. The molecule has 0 aromatic carbocycles. The van der Waals surface area contributed by atoms with Gasteiger partial charge in [0, 0.05) is 6.42 Å². The Bertz CT molecular complexity index is 1290. The van der Waals surface area contributed by atoms with Crippen LogP contribution in [-0.4, -0.2) is 34.9 Å². The van der Waals surface area contributed by atoms with Crippen LogP contribution in [0.3, 0.4) is 0 Å². The summed E-state index contributed by atoms with van der Waals surface area (Å²) < 4.78 is 0. The van der Waals surface area contributed by atoms with Crippen molar-refractivity contribution in [2.75, 3.05) is 6.61 Å². The molecule has 0 rings (SSSR count). The molecule has 0 fully saturated rings. The molecule has 0 aromatic heterocycles. The topological polar surface area (TPSA) is 69.6 Å². The molecule has 0 spiro atoms. The van der Waals surface area contributed by atoms with E-state index in [-0.39, 0.29) is 12.5 Å². The summed E-state index contributed by atoms with van der Waals surface area (Å²) in [6.45, 7) is 4.23. The Morgan fingerprint density at radius 1 is 0.329 bits per heavy atom. The lowest BCUT2D eigenvalue weighted by molar-refractivity contribution is -0.123. The molecular formula is C72H133NO3. The normalized spacial score (nSPS) is 13.2. The fourth-order valence-electron chi connectivity index (χ4n) is 10.6. The molecule has 0 heterocycles. The second kappa shape index (κ2) is 67.1. The van der Waals surface area contributed by atoms with E-state index in [0.717, 1.165) is 57.8 Å². The highest BCUT2D eigenvalue weighted by Gasteiger charge is 2.18. The third kappa shape index (κ3) is 62.7. The van der Waals surface area contributed by atoms with E-state index in [4.69, 9.17) is 0 Å². The zero-order valence-corrected chi connectivity index (χ0v) is 51.3. The minimum Gasteiger partial charge on any atom is -0.394 e. The number of carbonyl (C=O) groups excluding carboxylic acids is 1. The molecule has 0 aliphatic heterocycles. The van der Waals surface area contributed by atoms with Crippen LogP contribution < -0.4 is 5.32 Å². The maximum atomic E-state index is 12.5. The summed E-state index contributed by atoms with van der Waals surface area (Å²) in [7, 11) is 0. The molecule has 4 heteroatoms. The van der Waals surface area contributed by atoms with Gasteiger partial charge < -0.3 is 15.5 Å². The summed E-state index contributed by atoms with van der Waals surface area (Å²) in [5, 5.41) is 23.3. The summed E-state index contributed by atoms with van der Waals surface area (Å²) in [6, 6.07) is -0.625. The number of hydrogen-bond acceptors (Lipinski definition) is 3. The largest absolute Gasteiger partial charge is 0.394 e. The minimum atomic E-state index is -0.842. The van der Waals surface area contributed by atoms with Crippen LogP contribution >= 0.6 is 0 Å². The zero-order valence-electron chi connectivity index (χ0n) is 51.3. The first kappa shape index (κ1) is 73.8. The molecule has 0 saturated heterocycles. The van der Waals surface area contributed by atoms with E-state index in [1.165, 1.54) is 283 Å². The van der Waals surface area contributed by atoms with Crippen molar-refractivity contribution in [1.82, 2.24) is 5.32 Å². The van der Waals surface area contributed by atoms with Gasteiger partial charge in [-0.3, -0.25) is 4.79 Å². The van der Waals surface area contributed by atoms with Crippen LogP contribution in [0, 0.1) is 0 Å². The van der Waals surface area contributed by atoms with Crippen LogP contribution in [0.1, 0.15) is 361 Å². The summed E-state index contributed by atoms with van der Waals surface area (Å²) in [4.78, 5) is 12.5. The van der Waals surface area contributed by atoms with Crippen LogP contribution in [0.25, 0.3) is 0 Å². The van der Waals surface area contributed by atoms with Gasteiger partial charge in [0.25, 0.3) is 0 Å². The van der Waals surface area contributed by atoms with Crippen molar-refractivity contribution in [2.24, 2.45) is 0 Å². The number of aliphatic hydroxyl groups excluding tert-OH is 2. The molecule has 2 unspecified atom stereocenters. The van der Waals surface area contributed by atoms with Gasteiger partial charge in [-0.25, -0.2) is 0 Å². The smallest absolute Gasteiger partial charge is 0.220 e. The Morgan fingerprint density at radius 2 is 0.579 bits per heavy atom. The van der Waals surface area contributed by atoms with Crippen molar-refractivity contribution < 1.29 is 15.0 Å². The van der Waals surface area contributed by atoms with Crippen LogP contribution in [-0.2, 0) is 4.79 Å². The van der Waals surface area contributed by atoms with E-state index in [0.29, 0.717) is 6.42 Å². The van der Waals surface area contributed by atoms with E-state index in [1.807, 2.05) is 6.08 Å². The van der Waals surface area contributed by atoms with Crippen molar-refractivity contribution in [3.05, 3.63) is 72.9 Å². The molecule has 2 atom stereocenters. The van der Waals surface area contributed by atoms with Crippen LogP contribution in [0.4, 0.5) is 0 Å². The van der Waals surface area contributed by atoms with E-state index >= 15 is 0 Å². The summed E-state index contributed by atoms with van der Waals surface area (Å²) in [5.41, 5.74) is 0. The first-order chi connectivity index (χ1) is 37.7. The van der Waals surface area contributed by atoms with Gasteiger partial charge in [0.15, 0.2) is 0 Å². The lowest BCUT2D eigenvalue weighted by Gasteiger charge is -2.20. The quantitative estimate of drug-likeness (QED) is 0.0420. The van der Waals surface area contributed by atoms with Crippen molar-refractivity contribution in [3.63, 3.8) is 0 Å². The van der Waals surface area contributed by atoms with Gasteiger partial charge in [0.1, 0.15) is 0 Å². The van der Waals surface area contributed by atoms with Gasteiger partial charge in [0.05, 0.1) is 18.8 Å².